The maximum atomic E-state index is 11.5. The molecule has 15 heavy (non-hydrogen) atoms. The van der Waals surface area contributed by atoms with Gasteiger partial charge in [-0.3, -0.25) is 4.79 Å². The van der Waals surface area contributed by atoms with E-state index in [-0.39, 0.29) is 10.9 Å². The topological polar surface area (TPSA) is 32.3 Å². The van der Waals surface area contributed by atoms with Gasteiger partial charge in [-0.1, -0.05) is 28.1 Å². The van der Waals surface area contributed by atoms with Crippen molar-refractivity contribution in [2.45, 2.75) is 11.4 Å². The van der Waals surface area contributed by atoms with Gasteiger partial charge >= 0.3 is 0 Å². The molecule has 0 aliphatic carbocycles. The second-order valence-corrected chi connectivity index (χ2v) is 4.58. The molecule has 3 nitrogen and oxygen atoms in total. The van der Waals surface area contributed by atoms with Crippen LogP contribution >= 0.6 is 15.9 Å². The van der Waals surface area contributed by atoms with Crippen LogP contribution in [0.4, 0.5) is 5.69 Å². The first kappa shape index (κ1) is 10.6. The fourth-order valence-electron chi connectivity index (χ4n) is 1.81. The minimum Gasteiger partial charge on any atom is -0.315 e. The second kappa shape index (κ2) is 3.94. The van der Waals surface area contributed by atoms with Gasteiger partial charge in [-0.2, -0.15) is 0 Å². The van der Waals surface area contributed by atoms with Gasteiger partial charge in [0.05, 0.1) is 11.4 Å². The smallest absolute Gasteiger partial charge is 0.231 e. The molecule has 2 rings (SSSR count). The molecule has 0 radical (unpaired) electrons. The van der Waals surface area contributed by atoms with Gasteiger partial charge in [0.25, 0.3) is 0 Å². The summed E-state index contributed by atoms with van der Waals surface area (Å²) in [5.74, 6) is 0.165. The number of likely N-dealkylation sites (N-methyl/N-ethyl adjacent to an activating group) is 1. The van der Waals surface area contributed by atoms with Crippen molar-refractivity contribution >= 4 is 27.5 Å². The lowest BCUT2D eigenvalue weighted by Crippen LogP contribution is -2.20. The molecule has 1 aliphatic heterocycles. The number of anilines is 1. The van der Waals surface area contributed by atoms with Crippen molar-refractivity contribution in [3.8, 4) is 0 Å². The number of alkyl halides is 1. The van der Waals surface area contributed by atoms with Gasteiger partial charge in [0.15, 0.2) is 0 Å². The number of amides is 1. The van der Waals surface area contributed by atoms with E-state index in [1.54, 1.807) is 4.90 Å². The second-order valence-electron chi connectivity index (χ2n) is 3.67. The molecule has 1 amide bonds. The van der Waals surface area contributed by atoms with Crippen molar-refractivity contribution in [3.63, 3.8) is 0 Å². The zero-order valence-corrected chi connectivity index (χ0v) is 10.3. The number of carbonyl (C=O) groups excluding carboxylic acids is 1. The SMILES string of the molecule is CNC(Br)c1ccc2c(c1)CC(=O)N2C. The monoisotopic (exact) mass is 268 g/mol. The Bertz CT molecular complexity index is 406. The number of nitrogens with one attached hydrogen (secondary N) is 1. The van der Waals surface area contributed by atoms with Crippen molar-refractivity contribution in [2.24, 2.45) is 0 Å². The Balaban J connectivity index is 2.37. The van der Waals surface area contributed by atoms with Gasteiger partial charge in [-0.05, 0) is 24.2 Å². The van der Waals surface area contributed by atoms with E-state index in [1.165, 1.54) is 0 Å². The van der Waals surface area contributed by atoms with E-state index in [0.29, 0.717) is 6.42 Å². The Kier molecular flexibility index (Phi) is 2.80. The lowest BCUT2D eigenvalue weighted by molar-refractivity contribution is -0.117. The molecule has 0 spiro atoms. The lowest BCUT2D eigenvalue weighted by Gasteiger charge is -2.12. The van der Waals surface area contributed by atoms with Crippen LogP contribution in [0.5, 0.6) is 0 Å². The average molecular weight is 269 g/mol. The molecule has 0 fully saturated rings. The number of carbonyl (C=O) groups is 1. The summed E-state index contributed by atoms with van der Waals surface area (Å²) in [5.41, 5.74) is 3.29. The average Bonchev–Trinajstić information content (AvgIpc) is 2.53. The number of benzene rings is 1. The quantitative estimate of drug-likeness (QED) is 0.656. The van der Waals surface area contributed by atoms with Crippen LogP contribution in [-0.4, -0.2) is 20.0 Å². The van der Waals surface area contributed by atoms with E-state index < -0.39 is 0 Å². The number of hydrogen-bond donors (Lipinski definition) is 1. The van der Waals surface area contributed by atoms with Crippen LogP contribution in [0.3, 0.4) is 0 Å². The van der Waals surface area contributed by atoms with Crippen molar-refractivity contribution in [2.75, 3.05) is 19.0 Å². The van der Waals surface area contributed by atoms with Gasteiger partial charge in [0.1, 0.15) is 0 Å². The summed E-state index contributed by atoms with van der Waals surface area (Å²) in [6, 6.07) is 6.11. The molecule has 1 N–H and O–H groups in total. The normalized spacial score (nSPS) is 16.7. The molecule has 1 aromatic carbocycles. The van der Waals surface area contributed by atoms with Gasteiger partial charge < -0.3 is 10.2 Å². The summed E-state index contributed by atoms with van der Waals surface area (Å²) in [4.78, 5) is 13.3. The Hall–Kier alpha value is -0.870. The highest BCUT2D eigenvalue weighted by molar-refractivity contribution is 9.09. The Morgan fingerprint density at radius 2 is 2.27 bits per heavy atom. The van der Waals surface area contributed by atoms with Gasteiger partial charge in [-0.25, -0.2) is 0 Å². The maximum absolute atomic E-state index is 11.5. The minimum absolute atomic E-state index is 0.142. The summed E-state index contributed by atoms with van der Waals surface area (Å²) >= 11 is 3.51. The molecule has 1 unspecified atom stereocenters. The zero-order valence-electron chi connectivity index (χ0n) is 8.75. The molecule has 0 aromatic heterocycles. The van der Waals surface area contributed by atoms with E-state index >= 15 is 0 Å². The summed E-state index contributed by atoms with van der Waals surface area (Å²) in [5, 5.41) is 3.11. The number of rotatable bonds is 2. The molecule has 0 saturated carbocycles. The lowest BCUT2D eigenvalue weighted by atomic mass is 10.1. The summed E-state index contributed by atoms with van der Waals surface area (Å²) in [7, 11) is 3.71. The van der Waals surface area contributed by atoms with E-state index in [4.69, 9.17) is 0 Å². The van der Waals surface area contributed by atoms with Crippen LogP contribution < -0.4 is 10.2 Å². The molecule has 4 heteroatoms. The molecule has 1 atom stereocenters. The highest BCUT2D eigenvalue weighted by Crippen LogP contribution is 2.31. The predicted octanol–water partition coefficient (Wildman–Crippen LogP) is 1.82. The molecule has 80 valence electrons. The summed E-state index contributed by atoms with van der Waals surface area (Å²) in [6.07, 6.45) is 0.517. The summed E-state index contributed by atoms with van der Waals surface area (Å²) in [6.45, 7) is 0. The van der Waals surface area contributed by atoms with Crippen LogP contribution in [0.15, 0.2) is 18.2 Å². The van der Waals surface area contributed by atoms with E-state index in [9.17, 15) is 4.79 Å². The van der Waals surface area contributed by atoms with Crippen molar-refractivity contribution in [3.05, 3.63) is 29.3 Å². The highest BCUT2D eigenvalue weighted by Gasteiger charge is 2.24. The van der Waals surface area contributed by atoms with Crippen molar-refractivity contribution in [1.82, 2.24) is 5.32 Å². The van der Waals surface area contributed by atoms with Gasteiger partial charge in [-0.15, -0.1) is 0 Å². The first-order valence-corrected chi connectivity index (χ1v) is 5.75. The van der Waals surface area contributed by atoms with Crippen LogP contribution in [0, 0.1) is 0 Å². The number of halogens is 1. The molecule has 1 heterocycles. The third kappa shape index (κ3) is 1.79. The fourth-order valence-corrected chi connectivity index (χ4v) is 2.10. The Labute approximate surface area is 97.6 Å². The third-order valence-corrected chi connectivity index (χ3v) is 3.71. The third-order valence-electron chi connectivity index (χ3n) is 2.73. The van der Waals surface area contributed by atoms with E-state index in [0.717, 1.165) is 16.8 Å². The zero-order chi connectivity index (χ0) is 11.0. The number of hydrogen-bond acceptors (Lipinski definition) is 2. The molecule has 1 aliphatic rings. The predicted molar refractivity (Wildman–Crippen MR) is 64.3 cm³/mol. The molecular weight excluding hydrogens is 256 g/mol. The Morgan fingerprint density at radius 3 is 2.93 bits per heavy atom. The molecular formula is C11H13BrN2O. The molecule has 0 bridgehead atoms. The van der Waals surface area contributed by atoms with E-state index in [2.05, 4.69) is 27.3 Å². The molecule has 1 aromatic rings. The number of nitrogens with zero attached hydrogens (tertiary/aromatic N) is 1. The summed E-state index contributed by atoms with van der Waals surface area (Å²) < 4.78 is 0. The van der Waals surface area contributed by atoms with Gasteiger partial charge in [0, 0.05) is 12.7 Å². The highest BCUT2D eigenvalue weighted by atomic mass is 79.9. The fraction of sp³-hybridized carbons (Fsp3) is 0.364. The van der Waals surface area contributed by atoms with Crippen LogP contribution in [0.25, 0.3) is 0 Å². The first-order chi connectivity index (χ1) is 7.13. The van der Waals surface area contributed by atoms with Gasteiger partial charge in [0.2, 0.25) is 5.91 Å². The van der Waals surface area contributed by atoms with Crippen molar-refractivity contribution in [1.29, 1.82) is 0 Å². The largest absolute Gasteiger partial charge is 0.315 e. The number of fused-ring (bicyclic) bond motifs is 1. The van der Waals surface area contributed by atoms with Crippen molar-refractivity contribution < 1.29 is 4.79 Å². The maximum Gasteiger partial charge on any atom is 0.231 e. The van der Waals surface area contributed by atoms with Crippen LogP contribution in [0.1, 0.15) is 16.1 Å². The first-order valence-electron chi connectivity index (χ1n) is 4.84. The minimum atomic E-state index is 0.142. The van der Waals surface area contributed by atoms with E-state index in [1.807, 2.05) is 26.2 Å². The van der Waals surface area contributed by atoms with Crippen LogP contribution in [0.2, 0.25) is 0 Å². The Morgan fingerprint density at radius 1 is 1.53 bits per heavy atom. The standard InChI is InChI=1S/C11H13BrN2O/c1-13-11(12)7-3-4-9-8(5-7)6-10(15)14(9)2/h3-5,11,13H,6H2,1-2H3. The van der Waals surface area contributed by atoms with Crippen LogP contribution in [-0.2, 0) is 11.2 Å². The molecule has 0 saturated heterocycles.